The highest BCUT2D eigenvalue weighted by Crippen LogP contribution is 2.26. The van der Waals surface area contributed by atoms with Crippen molar-refractivity contribution in [3.63, 3.8) is 0 Å². The zero-order chi connectivity index (χ0) is 13.9. The van der Waals surface area contributed by atoms with Crippen LogP contribution in [-0.4, -0.2) is 34.8 Å². The van der Waals surface area contributed by atoms with Crippen LogP contribution in [0.1, 0.15) is 39.2 Å². The predicted molar refractivity (Wildman–Crippen MR) is 78.3 cm³/mol. The second-order valence-corrected chi connectivity index (χ2v) is 6.04. The van der Waals surface area contributed by atoms with Crippen LogP contribution < -0.4 is 10.2 Å². The van der Waals surface area contributed by atoms with Crippen molar-refractivity contribution in [2.24, 2.45) is 0 Å². The maximum Gasteiger partial charge on any atom is 0.133 e. The molecule has 0 bridgehead atoms. The maximum atomic E-state index is 10.2. The number of hydrogen-bond acceptors (Lipinski definition) is 4. The Hall–Kier alpha value is -1.13. The SMILES string of the molecule is CC(C)NCc1cccnc1N1CCCC(C)(O)C1. The Bertz CT molecular complexity index is 418. The van der Waals surface area contributed by atoms with E-state index in [1.165, 1.54) is 5.56 Å². The molecule has 2 N–H and O–H groups in total. The van der Waals surface area contributed by atoms with Crippen LogP contribution in [0.4, 0.5) is 5.82 Å². The molecule has 19 heavy (non-hydrogen) atoms. The molecule has 0 aliphatic carbocycles. The van der Waals surface area contributed by atoms with Crippen molar-refractivity contribution in [1.82, 2.24) is 10.3 Å². The van der Waals surface area contributed by atoms with E-state index in [1.807, 2.05) is 19.2 Å². The third kappa shape index (κ3) is 3.91. The minimum absolute atomic E-state index is 0.456. The number of rotatable bonds is 4. The van der Waals surface area contributed by atoms with Crippen molar-refractivity contribution in [3.8, 4) is 0 Å². The minimum Gasteiger partial charge on any atom is -0.388 e. The molecule has 1 aliphatic rings. The molecule has 2 heterocycles. The summed E-state index contributed by atoms with van der Waals surface area (Å²) in [7, 11) is 0. The number of anilines is 1. The molecule has 2 rings (SSSR count). The minimum atomic E-state index is -0.599. The van der Waals surface area contributed by atoms with Gasteiger partial charge in [-0.25, -0.2) is 4.98 Å². The summed E-state index contributed by atoms with van der Waals surface area (Å²) in [5, 5.41) is 13.7. The monoisotopic (exact) mass is 263 g/mol. The fourth-order valence-corrected chi connectivity index (χ4v) is 2.57. The molecule has 1 fully saturated rings. The van der Waals surface area contributed by atoms with Crippen LogP contribution >= 0.6 is 0 Å². The van der Waals surface area contributed by atoms with Gasteiger partial charge in [-0.05, 0) is 25.8 Å². The van der Waals surface area contributed by atoms with E-state index in [2.05, 4.69) is 35.1 Å². The highest BCUT2D eigenvalue weighted by molar-refractivity contribution is 5.47. The standard InChI is InChI=1S/C15H25N3O/c1-12(2)17-10-13-6-4-8-16-14(13)18-9-5-7-15(3,19)11-18/h4,6,8,12,17,19H,5,7,9-11H2,1-3H3. The van der Waals surface area contributed by atoms with Gasteiger partial charge in [0.15, 0.2) is 0 Å². The van der Waals surface area contributed by atoms with Gasteiger partial charge < -0.3 is 15.3 Å². The molecule has 0 radical (unpaired) electrons. The molecule has 1 atom stereocenters. The Kier molecular flexibility index (Phi) is 4.42. The van der Waals surface area contributed by atoms with Crippen LogP contribution in [0.2, 0.25) is 0 Å². The summed E-state index contributed by atoms with van der Waals surface area (Å²) in [4.78, 5) is 6.73. The van der Waals surface area contributed by atoms with Gasteiger partial charge in [-0.3, -0.25) is 0 Å². The van der Waals surface area contributed by atoms with Crippen LogP contribution in [0.5, 0.6) is 0 Å². The number of piperidine rings is 1. The van der Waals surface area contributed by atoms with E-state index < -0.39 is 5.60 Å². The van der Waals surface area contributed by atoms with Gasteiger partial charge in [0.1, 0.15) is 5.82 Å². The summed E-state index contributed by atoms with van der Waals surface area (Å²) in [5.41, 5.74) is 0.604. The van der Waals surface area contributed by atoms with E-state index in [0.717, 1.165) is 31.7 Å². The van der Waals surface area contributed by atoms with Crippen molar-refractivity contribution in [1.29, 1.82) is 0 Å². The highest BCUT2D eigenvalue weighted by Gasteiger charge is 2.29. The Morgan fingerprint density at radius 2 is 2.32 bits per heavy atom. The zero-order valence-corrected chi connectivity index (χ0v) is 12.2. The van der Waals surface area contributed by atoms with Crippen molar-refractivity contribution in [2.45, 2.75) is 51.8 Å². The normalized spacial score (nSPS) is 23.9. The van der Waals surface area contributed by atoms with Gasteiger partial charge in [0.25, 0.3) is 0 Å². The number of pyridine rings is 1. The summed E-state index contributed by atoms with van der Waals surface area (Å²) < 4.78 is 0. The average molecular weight is 263 g/mol. The fraction of sp³-hybridized carbons (Fsp3) is 0.667. The van der Waals surface area contributed by atoms with Gasteiger partial charge in [0, 0.05) is 37.4 Å². The Labute approximate surface area is 115 Å². The molecule has 0 saturated carbocycles. The lowest BCUT2D eigenvalue weighted by Gasteiger charge is -2.38. The second-order valence-electron chi connectivity index (χ2n) is 6.04. The van der Waals surface area contributed by atoms with Crippen LogP contribution in [0, 0.1) is 0 Å². The van der Waals surface area contributed by atoms with Crippen LogP contribution in [0.3, 0.4) is 0 Å². The molecule has 1 aliphatic heterocycles. The smallest absolute Gasteiger partial charge is 0.133 e. The first-order valence-electron chi connectivity index (χ1n) is 7.12. The summed E-state index contributed by atoms with van der Waals surface area (Å²) in [6.45, 7) is 8.65. The highest BCUT2D eigenvalue weighted by atomic mass is 16.3. The van der Waals surface area contributed by atoms with Gasteiger partial charge >= 0.3 is 0 Å². The molecule has 4 nitrogen and oxygen atoms in total. The van der Waals surface area contributed by atoms with Crippen molar-refractivity contribution in [3.05, 3.63) is 23.9 Å². The fourth-order valence-electron chi connectivity index (χ4n) is 2.57. The molecule has 4 heteroatoms. The van der Waals surface area contributed by atoms with Crippen LogP contribution in [0.25, 0.3) is 0 Å². The van der Waals surface area contributed by atoms with Crippen molar-refractivity contribution < 1.29 is 5.11 Å². The van der Waals surface area contributed by atoms with Gasteiger partial charge in [-0.15, -0.1) is 0 Å². The zero-order valence-electron chi connectivity index (χ0n) is 12.2. The molecule has 0 aromatic carbocycles. The summed E-state index contributed by atoms with van der Waals surface area (Å²) >= 11 is 0. The van der Waals surface area contributed by atoms with E-state index in [1.54, 1.807) is 0 Å². The second kappa shape index (κ2) is 5.88. The first-order valence-corrected chi connectivity index (χ1v) is 7.12. The summed E-state index contributed by atoms with van der Waals surface area (Å²) in [6.07, 6.45) is 3.72. The molecular formula is C15H25N3O. The van der Waals surface area contributed by atoms with Gasteiger partial charge in [0.05, 0.1) is 5.60 Å². The van der Waals surface area contributed by atoms with E-state index in [9.17, 15) is 5.11 Å². The lowest BCUT2D eigenvalue weighted by Crippen LogP contribution is -2.47. The van der Waals surface area contributed by atoms with Crippen LogP contribution in [-0.2, 0) is 6.54 Å². The Morgan fingerprint density at radius 3 is 3.00 bits per heavy atom. The number of aromatic nitrogens is 1. The molecule has 0 amide bonds. The number of β-amino-alcohol motifs (C(OH)–C–C–N with tert-alkyl or cyclic N) is 1. The third-order valence-electron chi connectivity index (χ3n) is 3.54. The molecule has 1 unspecified atom stereocenters. The van der Waals surface area contributed by atoms with Crippen molar-refractivity contribution >= 4 is 5.82 Å². The van der Waals surface area contributed by atoms with Gasteiger partial charge in [-0.2, -0.15) is 0 Å². The van der Waals surface area contributed by atoms with Gasteiger partial charge in [-0.1, -0.05) is 19.9 Å². The average Bonchev–Trinajstić information content (AvgIpc) is 2.35. The quantitative estimate of drug-likeness (QED) is 0.871. The van der Waals surface area contributed by atoms with E-state index >= 15 is 0 Å². The molecule has 1 aromatic rings. The largest absolute Gasteiger partial charge is 0.388 e. The molecule has 0 spiro atoms. The summed E-state index contributed by atoms with van der Waals surface area (Å²) in [5.74, 6) is 1.01. The molecule has 1 saturated heterocycles. The molecule has 106 valence electrons. The first kappa shape index (κ1) is 14.3. The number of nitrogens with one attached hydrogen (secondary N) is 1. The van der Waals surface area contributed by atoms with E-state index in [0.29, 0.717) is 12.6 Å². The Balaban J connectivity index is 2.14. The summed E-state index contributed by atoms with van der Waals surface area (Å²) in [6, 6.07) is 4.54. The van der Waals surface area contributed by atoms with Gasteiger partial charge in [0.2, 0.25) is 0 Å². The number of hydrogen-bond donors (Lipinski definition) is 2. The molecular weight excluding hydrogens is 238 g/mol. The van der Waals surface area contributed by atoms with Crippen molar-refractivity contribution in [2.75, 3.05) is 18.0 Å². The lowest BCUT2D eigenvalue weighted by molar-refractivity contribution is 0.0446. The maximum absolute atomic E-state index is 10.2. The predicted octanol–water partition coefficient (Wildman–Crippen LogP) is 1.93. The van der Waals surface area contributed by atoms with Crippen LogP contribution in [0.15, 0.2) is 18.3 Å². The lowest BCUT2D eigenvalue weighted by atomic mass is 9.95. The first-order chi connectivity index (χ1) is 8.98. The molecule has 1 aromatic heterocycles. The Morgan fingerprint density at radius 1 is 1.53 bits per heavy atom. The number of aliphatic hydroxyl groups is 1. The van der Waals surface area contributed by atoms with E-state index in [4.69, 9.17) is 0 Å². The van der Waals surface area contributed by atoms with E-state index in [-0.39, 0.29) is 0 Å². The topological polar surface area (TPSA) is 48.4 Å². The third-order valence-corrected chi connectivity index (χ3v) is 3.54. The number of nitrogens with zero attached hydrogens (tertiary/aromatic N) is 2.